The zero-order valence-electron chi connectivity index (χ0n) is 19.0. The predicted octanol–water partition coefficient (Wildman–Crippen LogP) is 5.04. The molecule has 2 heterocycles. The molecule has 0 bridgehead atoms. The second-order valence-electron chi connectivity index (χ2n) is 9.56. The van der Waals surface area contributed by atoms with Gasteiger partial charge in [-0.1, -0.05) is 25.4 Å². The monoisotopic (exact) mass is 466 g/mol. The van der Waals surface area contributed by atoms with Crippen molar-refractivity contribution in [2.75, 3.05) is 20.3 Å². The lowest BCUT2D eigenvalue weighted by molar-refractivity contribution is -0.223. The van der Waals surface area contributed by atoms with Gasteiger partial charge in [0.05, 0.1) is 25.9 Å². The molecule has 1 fully saturated rings. The van der Waals surface area contributed by atoms with E-state index < -0.39 is 0 Å². The van der Waals surface area contributed by atoms with Crippen LogP contribution in [0, 0.1) is 5.41 Å². The van der Waals surface area contributed by atoms with Crippen LogP contribution < -0.4 is 9.41 Å². The number of carbonyl (C=O) groups excluding carboxylic acids is 1. The Labute approximate surface area is 193 Å². The number of methoxy groups -OCH3 is 1. The van der Waals surface area contributed by atoms with Gasteiger partial charge in [-0.05, 0) is 56.9 Å². The fourth-order valence-electron chi connectivity index (χ4n) is 3.14. The summed E-state index contributed by atoms with van der Waals surface area (Å²) in [6.45, 7) is 12.0. The highest BCUT2D eigenvalue weighted by Gasteiger charge is 2.28. The fourth-order valence-corrected chi connectivity index (χ4v) is 4.34. The second-order valence-corrected chi connectivity index (χ2v) is 11.0. The third-order valence-corrected chi connectivity index (χ3v) is 6.57. The fraction of sp³-hybridized carbons (Fsp3) is 0.565. The molecule has 0 saturated carbocycles. The number of nitrogens with zero attached hydrogens (tertiary/aromatic N) is 2. The molecule has 2 aromatic rings. The summed E-state index contributed by atoms with van der Waals surface area (Å²) in [5, 5.41) is 0.463. The highest BCUT2D eigenvalue weighted by Crippen LogP contribution is 2.26. The van der Waals surface area contributed by atoms with E-state index in [-0.39, 0.29) is 23.2 Å². The van der Waals surface area contributed by atoms with Crippen LogP contribution in [0.3, 0.4) is 0 Å². The Morgan fingerprint density at radius 3 is 2.61 bits per heavy atom. The summed E-state index contributed by atoms with van der Waals surface area (Å²) in [5.41, 5.74) is 1.26. The average Bonchev–Trinajstić information content (AvgIpc) is 3.10. The molecule has 1 aliphatic rings. The first-order chi connectivity index (χ1) is 14.5. The van der Waals surface area contributed by atoms with E-state index >= 15 is 0 Å². The standard InChI is InChI=1S/C23H31ClN2O4S/c1-22(2,3)26-12-15(7-10-19-29-13-23(4,5)14-30-19)21(31-26)25-20(27)17-11-16(24)8-9-18(17)28-6/h8-9,11-12,19H,7,10,13-14H2,1-6H3. The van der Waals surface area contributed by atoms with Gasteiger partial charge in [-0.2, -0.15) is 4.99 Å². The van der Waals surface area contributed by atoms with Crippen molar-refractivity contribution in [3.8, 4) is 5.75 Å². The Morgan fingerprint density at radius 1 is 1.32 bits per heavy atom. The van der Waals surface area contributed by atoms with Crippen molar-refractivity contribution < 1.29 is 19.0 Å². The molecule has 0 unspecified atom stereocenters. The summed E-state index contributed by atoms with van der Waals surface area (Å²) >= 11 is 7.56. The Balaban J connectivity index is 1.88. The quantitative estimate of drug-likeness (QED) is 0.619. The molecule has 31 heavy (non-hydrogen) atoms. The van der Waals surface area contributed by atoms with Crippen molar-refractivity contribution in [3.63, 3.8) is 0 Å². The van der Waals surface area contributed by atoms with E-state index in [0.717, 1.165) is 5.56 Å². The average molecular weight is 467 g/mol. The number of amides is 1. The maximum absolute atomic E-state index is 13.0. The van der Waals surface area contributed by atoms with Crippen molar-refractivity contribution in [1.29, 1.82) is 0 Å². The summed E-state index contributed by atoms with van der Waals surface area (Å²) in [7, 11) is 1.52. The molecular weight excluding hydrogens is 436 g/mol. The van der Waals surface area contributed by atoms with Crippen molar-refractivity contribution >= 4 is 29.0 Å². The molecule has 0 atom stereocenters. The van der Waals surface area contributed by atoms with Crippen molar-refractivity contribution in [1.82, 2.24) is 3.96 Å². The lowest BCUT2D eigenvalue weighted by atomic mass is 9.95. The smallest absolute Gasteiger partial charge is 0.282 e. The van der Waals surface area contributed by atoms with Gasteiger partial charge in [0.15, 0.2) is 6.29 Å². The molecule has 1 saturated heterocycles. The molecule has 8 heteroatoms. The van der Waals surface area contributed by atoms with Gasteiger partial charge in [0.1, 0.15) is 10.4 Å². The van der Waals surface area contributed by atoms with Crippen molar-refractivity contribution in [2.24, 2.45) is 10.4 Å². The molecule has 0 aliphatic carbocycles. The SMILES string of the molecule is COc1ccc(Cl)cc1C(=O)N=c1sn(C(C)(C)C)cc1CCC1OCC(C)(C)CO1. The van der Waals surface area contributed by atoms with Crippen LogP contribution in [-0.2, 0) is 21.4 Å². The van der Waals surface area contributed by atoms with E-state index in [9.17, 15) is 4.79 Å². The molecule has 1 aromatic carbocycles. The highest BCUT2D eigenvalue weighted by molar-refractivity contribution is 7.04. The van der Waals surface area contributed by atoms with Gasteiger partial charge in [0, 0.05) is 34.2 Å². The Kier molecular flexibility index (Phi) is 7.31. The predicted molar refractivity (Wildman–Crippen MR) is 123 cm³/mol. The third kappa shape index (κ3) is 6.19. The van der Waals surface area contributed by atoms with Crippen LogP contribution in [0.1, 0.15) is 57.0 Å². The highest BCUT2D eigenvalue weighted by atomic mass is 35.5. The van der Waals surface area contributed by atoms with Crippen LogP contribution >= 0.6 is 23.1 Å². The number of carbonyl (C=O) groups is 1. The number of hydrogen-bond acceptors (Lipinski definition) is 5. The molecule has 0 N–H and O–H groups in total. The van der Waals surface area contributed by atoms with Gasteiger partial charge in [-0.3, -0.25) is 8.75 Å². The Morgan fingerprint density at radius 2 is 2.00 bits per heavy atom. The summed E-state index contributed by atoms with van der Waals surface area (Å²) in [6, 6.07) is 4.95. The number of rotatable bonds is 5. The van der Waals surface area contributed by atoms with Crippen LogP contribution in [0.25, 0.3) is 0 Å². The number of aryl methyl sites for hydroxylation is 1. The Bertz CT molecular complexity index is 994. The van der Waals surface area contributed by atoms with Crippen LogP contribution in [-0.4, -0.2) is 36.5 Å². The van der Waals surface area contributed by atoms with Gasteiger partial charge < -0.3 is 14.2 Å². The van der Waals surface area contributed by atoms with E-state index in [2.05, 4.69) is 49.8 Å². The van der Waals surface area contributed by atoms with Crippen molar-refractivity contribution in [2.45, 2.75) is 59.3 Å². The molecule has 3 rings (SSSR count). The van der Waals surface area contributed by atoms with Gasteiger partial charge in [0.25, 0.3) is 5.91 Å². The van der Waals surface area contributed by atoms with E-state index in [1.807, 2.05) is 0 Å². The van der Waals surface area contributed by atoms with E-state index in [1.165, 1.54) is 18.6 Å². The summed E-state index contributed by atoms with van der Waals surface area (Å²) in [5.74, 6) is 0.0713. The number of aromatic nitrogens is 1. The molecule has 0 radical (unpaired) electrons. The number of ether oxygens (including phenoxy) is 3. The van der Waals surface area contributed by atoms with Crippen LogP contribution in [0.15, 0.2) is 29.4 Å². The summed E-state index contributed by atoms with van der Waals surface area (Å²) in [6.07, 6.45) is 3.23. The van der Waals surface area contributed by atoms with Gasteiger partial charge >= 0.3 is 0 Å². The molecule has 170 valence electrons. The molecule has 1 aliphatic heterocycles. The molecule has 1 aromatic heterocycles. The summed E-state index contributed by atoms with van der Waals surface area (Å²) in [4.78, 5) is 17.4. The topological polar surface area (TPSA) is 62.0 Å². The van der Waals surface area contributed by atoms with Crippen LogP contribution in [0.5, 0.6) is 5.75 Å². The van der Waals surface area contributed by atoms with E-state index in [1.54, 1.807) is 18.2 Å². The number of hydrogen-bond donors (Lipinski definition) is 0. The van der Waals surface area contributed by atoms with Gasteiger partial charge in [-0.25, -0.2) is 0 Å². The molecule has 6 nitrogen and oxygen atoms in total. The Hall–Kier alpha value is -1.67. The first kappa shape index (κ1) is 24.0. The van der Waals surface area contributed by atoms with Crippen LogP contribution in [0.2, 0.25) is 5.02 Å². The minimum Gasteiger partial charge on any atom is -0.496 e. The minimum atomic E-state index is -0.379. The normalized spacial score (nSPS) is 17.7. The molecule has 0 spiro atoms. The molecular formula is C23H31ClN2O4S. The van der Waals surface area contributed by atoms with E-state index in [0.29, 0.717) is 47.1 Å². The summed E-state index contributed by atoms with van der Waals surface area (Å²) < 4.78 is 19.9. The first-order valence-corrected chi connectivity index (χ1v) is 11.5. The van der Waals surface area contributed by atoms with Crippen molar-refractivity contribution in [3.05, 3.63) is 45.2 Å². The third-order valence-electron chi connectivity index (χ3n) is 4.96. The van der Waals surface area contributed by atoms with E-state index in [4.69, 9.17) is 25.8 Å². The first-order valence-electron chi connectivity index (χ1n) is 10.4. The maximum atomic E-state index is 13.0. The van der Waals surface area contributed by atoms with Crippen LogP contribution in [0.4, 0.5) is 0 Å². The lowest BCUT2D eigenvalue weighted by Crippen LogP contribution is -2.38. The zero-order valence-corrected chi connectivity index (χ0v) is 20.6. The molecule has 1 amide bonds. The lowest BCUT2D eigenvalue weighted by Gasteiger charge is -2.34. The van der Waals surface area contributed by atoms with Gasteiger partial charge in [-0.15, -0.1) is 0 Å². The largest absolute Gasteiger partial charge is 0.496 e. The zero-order chi connectivity index (χ0) is 22.8. The number of halogens is 1. The minimum absolute atomic E-state index is 0.0388. The second kappa shape index (κ2) is 9.45. The maximum Gasteiger partial charge on any atom is 0.282 e. The number of benzene rings is 1. The van der Waals surface area contributed by atoms with Gasteiger partial charge in [0.2, 0.25) is 0 Å².